The molecule has 1 saturated heterocycles. The van der Waals surface area contributed by atoms with Crippen molar-refractivity contribution in [1.29, 1.82) is 0 Å². The number of piperidine rings is 1. The molecule has 0 spiro atoms. The largest absolute Gasteiger partial charge is 0.459 e. The number of fused-ring (bicyclic) bond motifs is 2. The molecule has 5 rings (SSSR count). The van der Waals surface area contributed by atoms with E-state index in [4.69, 9.17) is 9.72 Å². The monoisotopic (exact) mass is 417 g/mol. The van der Waals surface area contributed by atoms with Crippen molar-refractivity contribution in [3.63, 3.8) is 0 Å². The van der Waals surface area contributed by atoms with Crippen molar-refractivity contribution < 1.29 is 4.74 Å². The molecule has 4 heterocycles. The lowest BCUT2D eigenvalue weighted by Crippen LogP contribution is -2.37. The van der Waals surface area contributed by atoms with Crippen LogP contribution in [0.3, 0.4) is 0 Å². The molecule has 1 fully saturated rings. The normalized spacial score (nSPS) is 16.8. The van der Waals surface area contributed by atoms with Crippen LogP contribution in [-0.2, 0) is 6.54 Å². The van der Waals surface area contributed by atoms with Crippen LogP contribution in [0.2, 0.25) is 0 Å². The van der Waals surface area contributed by atoms with Crippen molar-refractivity contribution in [3.05, 3.63) is 53.9 Å². The summed E-state index contributed by atoms with van der Waals surface area (Å²) in [5, 5.41) is 12.5. The maximum Gasteiger partial charge on any atom is 0.322 e. The van der Waals surface area contributed by atoms with E-state index in [1.807, 2.05) is 30.6 Å². The number of ether oxygens (including phenoxy) is 1. The van der Waals surface area contributed by atoms with Crippen molar-refractivity contribution in [2.24, 2.45) is 0 Å². The average molecular weight is 418 g/mol. The first-order chi connectivity index (χ1) is 15.2. The van der Waals surface area contributed by atoms with E-state index in [1.165, 1.54) is 0 Å². The van der Waals surface area contributed by atoms with Crippen LogP contribution in [0.25, 0.3) is 16.6 Å². The Labute approximate surface area is 181 Å². The van der Waals surface area contributed by atoms with Crippen molar-refractivity contribution in [2.45, 2.75) is 45.3 Å². The van der Waals surface area contributed by atoms with Gasteiger partial charge in [-0.3, -0.25) is 4.98 Å². The number of benzene rings is 1. The maximum absolute atomic E-state index is 6.15. The van der Waals surface area contributed by atoms with E-state index in [-0.39, 0.29) is 6.10 Å². The van der Waals surface area contributed by atoms with Gasteiger partial charge in [0.15, 0.2) is 5.65 Å². The Morgan fingerprint density at radius 1 is 1.23 bits per heavy atom. The zero-order chi connectivity index (χ0) is 21.2. The molecule has 1 aliphatic heterocycles. The average Bonchev–Trinajstić information content (AvgIpc) is 3.22. The zero-order valence-corrected chi connectivity index (χ0v) is 17.9. The molecule has 1 aliphatic rings. The highest BCUT2D eigenvalue weighted by molar-refractivity contribution is 5.82. The molecule has 0 radical (unpaired) electrons. The number of nitrogens with one attached hydrogen (secondary N) is 2. The molecule has 160 valence electrons. The second kappa shape index (κ2) is 8.47. The molecular weight excluding hydrogens is 390 g/mol. The number of hydrogen-bond acceptors (Lipinski definition) is 7. The second-order valence-corrected chi connectivity index (χ2v) is 8.25. The van der Waals surface area contributed by atoms with Crippen LogP contribution in [0.15, 0.2) is 42.7 Å². The summed E-state index contributed by atoms with van der Waals surface area (Å²) in [4.78, 5) is 13.8. The summed E-state index contributed by atoms with van der Waals surface area (Å²) in [5.74, 6) is 0.921. The Bertz CT molecular complexity index is 1190. The molecule has 4 aromatic rings. The van der Waals surface area contributed by atoms with Gasteiger partial charge in [-0.25, -0.2) is 0 Å². The zero-order valence-electron chi connectivity index (χ0n) is 17.9. The van der Waals surface area contributed by atoms with Crippen molar-refractivity contribution >= 4 is 22.5 Å². The Hall–Kier alpha value is -3.26. The summed E-state index contributed by atoms with van der Waals surface area (Å²) in [6.45, 7) is 6.72. The van der Waals surface area contributed by atoms with E-state index in [0.29, 0.717) is 24.4 Å². The third-order valence-corrected chi connectivity index (χ3v) is 5.69. The number of aromatic nitrogens is 5. The minimum absolute atomic E-state index is 0.0820. The number of rotatable bonds is 6. The van der Waals surface area contributed by atoms with Crippen LogP contribution in [0.1, 0.15) is 43.7 Å². The standard InChI is InChI=1S/C23H27N7O/c1-15(2)19-14-27-30-21(19)28-23(31-17-7-4-10-24-13-17)29-22(30)26-12-16-6-3-9-20-18(16)8-5-11-25-20/h3,5-6,8-9,11,14-15,17,24H,4,7,10,12-13H2,1-2H3,(H,26,28,29). The molecular formula is C23H27N7O. The summed E-state index contributed by atoms with van der Waals surface area (Å²) in [5.41, 5.74) is 3.98. The molecule has 1 unspecified atom stereocenters. The molecule has 0 saturated carbocycles. The molecule has 0 amide bonds. The first-order valence-corrected chi connectivity index (χ1v) is 10.9. The molecule has 0 aliphatic carbocycles. The van der Waals surface area contributed by atoms with Gasteiger partial charge in [-0.1, -0.05) is 32.0 Å². The van der Waals surface area contributed by atoms with E-state index < -0.39 is 0 Å². The fourth-order valence-electron chi connectivity index (χ4n) is 4.01. The summed E-state index contributed by atoms with van der Waals surface area (Å²) >= 11 is 0. The molecule has 1 atom stereocenters. The quantitative estimate of drug-likeness (QED) is 0.496. The lowest BCUT2D eigenvalue weighted by atomic mass is 10.1. The van der Waals surface area contributed by atoms with Gasteiger partial charge < -0.3 is 15.4 Å². The third-order valence-electron chi connectivity index (χ3n) is 5.69. The van der Waals surface area contributed by atoms with Crippen molar-refractivity contribution in [2.75, 3.05) is 18.4 Å². The lowest BCUT2D eigenvalue weighted by molar-refractivity contribution is 0.153. The number of anilines is 1. The van der Waals surface area contributed by atoms with E-state index in [0.717, 1.165) is 53.6 Å². The van der Waals surface area contributed by atoms with Crippen LogP contribution in [0.5, 0.6) is 6.01 Å². The van der Waals surface area contributed by atoms with Crippen LogP contribution in [0.4, 0.5) is 5.95 Å². The van der Waals surface area contributed by atoms with Crippen molar-refractivity contribution in [3.8, 4) is 6.01 Å². The Morgan fingerprint density at radius 3 is 3.00 bits per heavy atom. The van der Waals surface area contributed by atoms with E-state index in [9.17, 15) is 0 Å². The first kappa shape index (κ1) is 19.7. The highest BCUT2D eigenvalue weighted by Crippen LogP contribution is 2.24. The summed E-state index contributed by atoms with van der Waals surface area (Å²) < 4.78 is 7.92. The molecule has 31 heavy (non-hydrogen) atoms. The highest BCUT2D eigenvalue weighted by atomic mass is 16.5. The van der Waals surface area contributed by atoms with Gasteiger partial charge >= 0.3 is 6.01 Å². The summed E-state index contributed by atoms with van der Waals surface area (Å²) in [6.07, 6.45) is 5.86. The topological polar surface area (TPSA) is 89.3 Å². The van der Waals surface area contributed by atoms with Gasteiger partial charge in [0.25, 0.3) is 0 Å². The molecule has 2 N–H and O–H groups in total. The smallest absolute Gasteiger partial charge is 0.322 e. The predicted molar refractivity (Wildman–Crippen MR) is 120 cm³/mol. The van der Waals surface area contributed by atoms with Gasteiger partial charge in [-0.2, -0.15) is 19.6 Å². The molecule has 8 heteroatoms. The number of pyridine rings is 1. The summed E-state index contributed by atoms with van der Waals surface area (Å²) in [6, 6.07) is 10.6. The predicted octanol–water partition coefficient (Wildman–Crippen LogP) is 3.54. The second-order valence-electron chi connectivity index (χ2n) is 8.25. The van der Waals surface area contributed by atoms with Gasteiger partial charge in [0.2, 0.25) is 5.95 Å². The fraction of sp³-hybridized carbons (Fsp3) is 0.391. The summed E-state index contributed by atoms with van der Waals surface area (Å²) in [7, 11) is 0. The molecule has 1 aromatic carbocycles. The first-order valence-electron chi connectivity index (χ1n) is 10.9. The Kier molecular flexibility index (Phi) is 5.38. The minimum Gasteiger partial charge on any atom is -0.459 e. The molecule has 8 nitrogen and oxygen atoms in total. The minimum atomic E-state index is 0.0820. The number of nitrogens with zero attached hydrogens (tertiary/aromatic N) is 5. The molecule has 3 aromatic heterocycles. The number of hydrogen-bond donors (Lipinski definition) is 2. The Morgan fingerprint density at radius 2 is 2.16 bits per heavy atom. The van der Waals surface area contributed by atoms with Crippen molar-refractivity contribution in [1.82, 2.24) is 29.9 Å². The van der Waals surface area contributed by atoms with E-state index >= 15 is 0 Å². The maximum atomic E-state index is 6.15. The fourth-order valence-corrected chi connectivity index (χ4v) is 4.01. The highest BCUT2D eigenvalue weighted by Gasteiger charge is 2.20. The van der Waals surface area contributed by atoms with Gasteiger partial charge in [-0.15, -0.1) is 0 Å². The lowest BCUT2D eigenvalue weighted by Gasteiger charge is -2.23. The van der Waals surface area contributed by atoms with Crippen LogP contribution < -0.4 is 15.4 Å². The van der Waals surface area contributed by atoms with Crippen LogP contribution >= 0.6 is 0 Å². The van der Waals surface area contributed by atoms with Crippen LogP contribution in [0, 0.1) is 0 Å². The third kappa shape index (κ3) is 4.03. The SMILES string of the molecule is CC(C)c1cnn2c(NCc3cccc4ncccc34)nc(OC3CCCNC3)nc12. The van der Waals surface area contributed by atoms with E-state index in [1.54, 1.807) is 4.52 Å². The van der Waals surface area contributed by atoms with Crippen LogP contribution in [-0.4, -0.2) is 43.8 Å². The van der Waals surface area contributed by atoms with Gasteiger partial charge in [0.1, 0.15) is 6.10 Å². The van der Waals surface area contributed by atoms with Gasteiger partial charge in [0, 0.05) is 30.2 Å². The van der Waals surface area contributed by atoms with Gasteiger partial charge in [-0.05, 0) is 43.0 Å². The van der Waals surface area contributed by atoms with Gasteiger partial charge in [0.05, 0.1) is 11.7 Å². The van der Waals surface area contributed by atoms with E-state index in [2.05, 4.69) is 51.7 Å². The Balaban J connectivity index is 1.48. The molecule has 0 bridgehead atoms.